The van der Waals surface area contributed by atoms with Crippen molar-refractivity contribution in [3.8, 4) is 17.7 Å². The molecule has 0 saturated carbocycles. The third-order valence-corrected chi connectivity index (χ3v) is 3.99. The number of pyridine rings is 1. The molecule has 1 heterocycles. The minimum Gasteiger partial charge on any atom is -0.494 e. The fraction of sp³-hybridized carbons (Fsp3) is 0.316. The van der Waals surface area contributed by atoms with E-state index in [0.717, 1.165) is 16.7 Å². The van der Waals surface area contributed by atoms with Gasteiger partial charge in [0.05, 0.1) is 11.3 Å². The first kappa shape index (κ1) is 22.0. The van der Waals surface area contributed by atoms with Gasteiger partial charge in [0.25, 0.3) is 5.56 Å². The number of nitriles is 1. The molecule has 7 nitrogen and oxygen atoms in total. The minimum atomic E-state index is -4.79. The van der Waals surface area contributed by atoms with Gasteiger partial charge >= 0.3 is 6.36 Å². The monoisotopic (exact) mass is 409 g/mol. The summed E-state index contributed by atoms with van der Waals surface area (Å²) in [5.41, 5.74) is -0.0538. The van der Waals surface area contributed by atoms with E-state index in [-0.39, 0.29) is 34.8 Å². The smallest absolute Gasteiger partial charge is 0.494 e. The Morgan fingerprint density at radius 2 is 1.97 bits per heavy atom. The highest BCUT2D eigenvalue weighted by Crippen LogP contribution is 2.26. The van der Waals surface area contributed by atoms with Gasteiger partial charge in [-0.1, -0.05) is 0 Å². The fourth-order valence-electron chi connectivity index (χ4n) is 2.57. The molecule has 0 unspecified atom stereocenters. The maximum Gasteiger partial charge on any atom is 0.573 e. The van der Waals surface area contributed by atoms with Crippen LogP contribution in [0.15, 0.2) is 34.1 Å². The average molecular weight is 409 g/mol. The molecule has 2 aromatic rings. The van der Waals surface area contributed by atoms with Crippen LogP contribution in [0.25, 0.3) is 0 Å². The number of ether oxygens (including phenoxy) is 2. The quantitative estimate of drug-likeness (QED) is 0.558. The van der Waals surface area contributed by atoms with Crippen LogP contribution >= 0.6 is 0 Å². The topological polar surface area (TPSA) is 96.8 Å². The van der Waals surface area contributed by atoms with Crippen LogP contribution in [0.3, 0.4) is 0 Å². The first-order chi connectivity index (χ1) is 13.7. The standard InChI is InChI=1S/C19H18F3N3O4/c1-12-15(10-23)17(26)25(8-3-9-28-2)18(27)16(12)11-24-13-4-6-14(7-5-13)29-19(20,21)22/h4-7,11,27H,3,8-9H2,1-2H3. The van der Waals surface area contributed by atoms with E-state index in [1.165, 1.54) is 32.4 Å². The number of methoxy groups -OCH3 is 1. The molecule has 0 fully saturated rings. The maximum atomic E-state index is 12.4. The zero-order chi connectivity index (χ0) is 21.6. The molecule has 0 saturated heterocycles. The van der Waals surface area contributed by atoms with Crippen LogP contribution in [-0.4, -0.2) is 36.0 Å². The van der Waals surface area contributed by atoms with Crippen molar-refractivity contribution in [1.29, 1.82) is 5.26 Å². The van der Waals surface area contributed by atoms with Gasteiger partial charge in [-0.15, -0.1) is 13.2 Å². The highest BCUT2D eigenvalue weighted by molar-refractivity contribution is 5.87. The third-order valence-electron chi connectivity index (χ3n) is 3.99. The van der Waals surface area contributed by atoms with Gasteiger partial charge < -0.3 is 14.6 Å². The van der Waals surface area contributed by atoms with Crippen molar-refractivity contribution >= 4 is 11.9 Å². The Morgan fingerprint density at radius 1 is 1.31 bits per heavy atom. The van der Waals surface area contributed by atoms with E-state index in [1.807, 2.05) is 6.07 Å². The SMILES string of the molecule is COCCCn1c(O)c(C=Nc2ccc(OC(F)(F)F)cc2)c(C)c(C#N)c1=O. The van der Waals surface area contributed by atoms with Crippen molar-refractivity contribution < 1.29 is 27.8 Å². The fourth-order valence-corrected chi connectivity index (χ4v) is 2.57. The molecule has 154 valence electrons. The zero-order valence-corrected chi connectivity index (χ0v) is 15.7. The average Bonchev–Trinajstić information content (AvgIpc) is 2.65. The second-order valence-electron chi connectivity index (χ2n) is 5.95. The molecule has 0 aliphatic heterocycles. The second kappa shape index (κ2) is 9.25. The molecule has 10 heteroatoms. The number of alkyl halides is 3. The lowest BCUT2D eigenvalue weighted by molar-refractivity contribution is -0.274. The first-order valence-electron chi connectivity index (χ1n) is 8.43. The Balaban J connectivity index is 2.37. The molecule has 0 spiro atoms. The van der Waals surface area contributed by atoms with Crippen LogP contribution < -0.4 is 10.3 Å². The van der Waals surface area contributed by atoms with E-state index in [9.17, 15) is 28.3 Å². The van der Waals surface area contributed by atoms with Crippen molar-refractivity contribution in [1.82, 2.24) is 4.57 Å². The van der Waals surface area contributed by atoms with Crippen LogP contribution in [0.2, 0.25) is 0 Å². The Bertz CT molecular complexity index is 990. The van der Waals surface area contributed by atoms with Gasteiger partial charge in [0.15, 0.2) is 0 Å². The van der Waals surface area contributed by atoms with E-state index >= 15 is 0 Å². The summed E-state index contributed by atoms with van der Waals surface area (Å²) in [5.74, 6) is -0.752. The first-order valence-corrected chi connectivity index (χ1v) is 8.43. The van der Waals surface area contributed by atoms with Crippen molar-refractivity contribution in [2.45, 2.75) is 26.3 Å². The van der Waals surface area contributed by atoms with Crippen molar-refractivity contribution in [2.24, 2.45) is 4.99 Å². The highest BCUT2D eigenvalue weighted by Gasteiger charge is 2.30. The lowest BCUT2D eigenvalue weighted by atomic mass is 10.1. The van der Waals surface area contributed by atoms with Crippen molar-refractivity contribution in [3.63, 3.8) is 0 Å². The van der Waals surface area contributed by atoms with Crippen LogP contribution in [0.1, 0.15) is 23.1 Å². The Hall–Kier alpha value is -3.32. The molecular formula is C19H18F3N3O4. The number of hydrogen-bond donors (Lipinski definition) is 1. The van der Waals surface area contributed by atoms with Gasteiger partial charge in [-0.05, 0) is 43.2 Å². The maximum absolute atomic E-state index is 12.4. The van der Waals surface area contributed by atoms with E-state index in [0.29, 0.717) is 13.0 Å². The van der Waals surface area contributed by atoms with Crippen LogP contribution in [0.5, 0.6) is 11.6 Å². The third kappa shape index (κ3) is 5.58. The molecule has 1 aromatic heterocycles. The number of nitrogens with zero attached hydrogens (tertiary/aromatic N) is 3. The predicted molar refractivity (Wildman–Crippen MR) is 98.7 cm³/mol. The summed E-state index contributed by atoms with van der Waals surface area (Å²) >= 11 is 0. The van der Waals surface area contributed by atoms with Crippen molar-refractivity contribution in [3.05, 3.63) is 51.3 Å². The van der Waals surface area contributed by atoms with Gasteiger partial charge in [0.1, 0.15) is 17.4 Å². The Kier molecular flexibility index (Phi) is 7.01. The highest BCUT2D eigenvalue weighted by atomic mass is 19.4. The molecule has 1 aromatic carbocycles. The van der Waals surface area contributed by atoms with E-state index in [1.54, 1.807) is 0 Å². The van der Waals surface area contributed by atoms with E-state index < -0.39 is 17.7 Å². The summed E-state index contributed by atoms with van der Waals surface area (Å²) in [5, 5.41) is 19.8. The molecule has 0 radical (unpaired) electrons. The normalized spacial score (nSPS) is 11.6. The number of hydrogen-bond acceptors (Lipinski definition) is 6. The Labute approximate surface area is 164 Å². The molecule has 29 heavy (non-hydrogen) atoms. The number of halogens is 3. The van der Waals surface area contributed by atoms with Gasteiger partial charge in [-0.25, -0.2) is 0 Å². The molecule has 0 aliphatic rings. The molecule has 0 atom stereocenters. The number of rotatable bonds is 7. The number of aliphatic imine (C=N–C) groups is 1. The number of benzene rings is 1. The lowest BCUT2D eigenvalue weighted by Crippen LogP contribution is -2.26. The van der Waals surface area contributed by atoms with Crippen LogP contribution in [0, 0.1) is 18.3 Å². The summed E-state index contributed by atoms with van der Waals surface area (Å²) in [6.07, 6.45) is -3.11. The summed E-state index contributed by atoms with van der Waals surface area (Å²) in [6, 6.07) is 6.61. The molecule has 0 amide bonds. The summed E-state index contributed by atoms with van der Waals surface area (Å²) in [6.45, 7) is 2.00. The molecular weight excluding hydrogens is 391 g/mol. The molecule has 0 aliphatic carbocycles. The van der Waals surface area contributed by atoms with E-state index in [2.05, 4.69) is 9.73 Å². The van der Waals surface area contributed by atoms with Crippen molar-refractivity contribution in [2.75, 3.05) is 13.7 Å². The molecule has 1 N–H and O–H groups in total. The van der Waals surface area contributed by atoms with Gasteiger partial charge in [0, 0.05) is 26.5 Å². The predicted octanol–water partition coefficient (Wildman–Crippen LogP) is 3.42. The summed E-state index contributed by atoms with van der Waals surface area (Å²) < 4.78 is 46.4. The molecule has 0 bridgehead atoms. The molecule has 2 rings (SSSR count). The zero-order valence-electron chi connectivity index (χ0n) is 15.7. The van der Waals surface area contributed by atoms with Gasteiger partial charge in [0.2, 0.25) is 5.88 Å². The number of aromatic hydroxyl groups is 1. The van der Waals surface area contributed by atoms with Gasteiger partial charge in [-0.2, -0.15) is 5.26 Å². The lowest BCUT2D eigenvalue weighted by Gasteiger charge is -2.13. The van der Waals surface area contributed by atoms with Crippen LogP contribution in [-0.2, 0) is 11.3 Å². The van der Waals surface area contributed by atoms with E-state index in [4.69, 9.17) is 4.74 Å². The minimum absolute atomic E-state index is 0.129. The number of aromatic nitrogens is 1. The summed E-state index contributed by atoms with van der Waals surface area (Å²) in [7, 11) is 1.50. The van der Waals surface area contributed by atoms with Gasteiger partial charge in [-0.3, -0.25) is 14.4 Å². The van der Waals surface area contributed by atoms with Crippen LogP contribution in [0.4, 0.5) is 18.9 Å². The Morgan fingerprint density at radius 3 is 2.52 bits per heavy atom. The second-order valence-corrected chi connectivity index (χ2v) is 5.95. The largest absolute Gasteiger partial charge is 0.573 e. The summed E-state index contributed by atoms with van der Waals surface area (Å²) in [4.78, 5) is 16.5.